The van der Waals surface area contributed by atoms with Crippen LogP contribution in [0.2, 0.25) is 0 Å². The highest BCUT2D eigenvalue weighted by Gasteiger charge is 2.31. The number of nitrogens with one attached hydrogen (secondary N) is 2. The third kappa shape index (κ3) is 7.49. The molecule has 2 aromatic carbocycles. The molecular formula is C28H34F3N7O. The summed E-state index contributed by atoms with van der Waals surface area (Å²) in [5, 5.41) is 7.09. The standard InChI is InChI=1S/C28H34F3N7O/c1-19-8-9-20(15-25(19)38(32)18-26(36(3)4)21-7-6-12-34-17-21)27(39)35-23-16-22(28(29,30)31)10-11-24(23)37(5)14-13-33-2/h6-12,15-18,33H,13-14,32H2,1-5H3,(H,35,39)/b26-18-. The number of hydrogen-bond donors (Lipinski definition) is 3. The normalized spacial score (nSPS) is 11.8. The fourth-order valence-corrected chi connectivity index (χ4v) is 3.93. The summed E-state index contributed by atoms with van der Waals surface area (Å²) < 4.78 is 40.4. The lowest BCUT2D eigenvalue weighted by Crippen LogP contribution is -2.29. The number of carbonyl (C=O) groups excluding carboxylic acids is 1. The number of pyridine rings is 1. The number of anilines is 3. The van der Waals surface area contributed by atoms with Crippen LogP contribution in [-0.2, 0) is 6.18 Å². The summed E-state index contributed by atoms with van der Waals surface area (Å²) in [4.78, 5) is 21.1. The Balaban J connectivity index is 1.95. The molecule has 11 heteroatoms. The lowest BCUT2D eigenvalue weighted by molar-refractivity contribution is -0.137. The van der Waals surface area contributed by atoms with Gasteiger partial charge in [0.05, 0.1) is 28.3 Å². The number of rotatable bonds is 10. The molecule has 3 rings (SSSR count). The van der Waals surface area contributed by atoms with Crippen molar-refractivity contribution in [3.05, 3.63) is 89.4 Å². The van der Waals surface area contributed by atoms with Gasteiger partial charge >= 0.3 is 6.18 Å². The molecule has 39 heavy (non-hydrogen) atoms. The third-order valence-corrected chi connectivity index (χ3v) is 6.13. The molecule has 0 aliphatic rings. The summed E-state index contributed by atoms with van der Waals surface area (Å²) in [6, 6.07) is 12.0. The first-order chi connectivity index (χ1) is 18.4. The number of aromatic nitrogens is 1. The molecule has 1 amide bonds. The van der Waals surface area contributed by atoms with Gasteiger partial charge in [-0.15, -0.1) is 0 Å². The van der Waals surface area contributed by atoms with Gasteiger partial charge in [-0.3, -0.25) is 14.8 Å². The minimum atomic E-state index is -4.55. The molecule has 0 spiro atoms. The molecule has 0 saturated heterocycles. The van der Waals surface area contributed by atoms with Gasteiger partial charge in [0.25, 0.3) is 5.91 Å². The number of benzene rings is 2. The van der Waals surface area contributed by atoms with Crippen LogP contribution in [0.15, 0.2) is 67.1 Å². The smallest absolute Gasteiger partial charge is 0.376 e. The maximum atomic E-state index is 13.5. The van der Waals surface area contributed by atoms with Crippen LogP contribution in [0.5, 0.6) is 0 Å². The number of hydrazine groups is 1. The largest absolute Gasteiger partial charge is 0.416 e. The van der Waals surface area contributed by atoms with Crippen molar-refractivity contribution >= 4 is 28.7 Å². The molecule has 0 fully saturated rings. The average molecular weight is 542 g/mol. The van der Waals surface area contributed by atoms with Crippen LogP contribution >= 0.6 is 0 Å². The average Bonchev–Trinajstić information content (AvgIpc) is 2.90. The van der Waals surface area contributed by atoms with Crippen molar-refractivity contribution in [2.24, 2.45) is 5.84 Å². The van der Waals surface area contributed by atoms with Crippen LogP contribution < -0.4 is 26.4 Å². The molecular weight excluding hydrogens is 507 g/mol. The molecule has 0 atom stereocenters. The van der Waals surface area contributed by atoms with Crippen LogP contribution in [0.1, 0.15) is 27.0 Å². The van der Waals surface area contributed by atoms with Crippen molar-refractivity contribution in [2.45, 2.75) is 13.1 Å². The molecule has 0 aliphatic carbocycles. The number of carbonyl (C=O) groups is 1. The molecule has 0 saturated carbocycles. The van der Waals surface area contributed by atoms with E-state index in [1.807, 2.05) is 38.1 Å². The lowest BCUT2D eigenvalue weighted by atomic mass is 10.1. The molecule has 3 aromatic rings. The summed E-state index contributed by atoms with van der Waals surface area (Å²) in [5.41, 5.74) is 2.93. The molecule has 0 bridgehead atoms. The van der Waals surface area contributed by atoms with Crippen LogP contribution in [0.4, 0.5) is 30.2 Å². The highest BCUT2D eigenvalue weighted by atomic mass is 19.4. The summed E-state index contributed by atoms with van der Waals surface area (Å²) in [5.74, 6) is 5.85. The van der Waals surface area contributed by atoms with Crippen LogP contribution in [0.3, 0.4) is 0 Å². The Morgan fingerprint density at radius 2 is 1.79 bits per heavy atom. The van der Waals surface area contributed by atoms with Crippen LogP contribution in [0.25, 0.3) is 5.70 Å². The fraction of sp³-hybridized carbons (Fsp3) is 0.286. The Kier molecular flexibility index (Phi) is 9.55. The van der Waals surface area contributed by atoms with Crippen molar-refractivity contribution in [3.63, 3.8) is 0 Å². The molecule has 0 aliphatic heterocycles. The molecule has 0 unspecified atom stereocenters. The number of hydrogen-bond acceptors (Lipinski definition) is 7. The van der Waals surface area contributed by atoms with Gasteiger partial charge in [-0.2, -0.15) is 13.2 Å². The summed E-state index contributed by atoms with van der Waals surface area (Å²) >= 11 is 0. The van der Waals surface area contributed by atoms with Gasteiger partial charge in [-0.05, 0) is 62.0 Å². The molecule has 1 heterocycles. The third-order valence-electron chi connectivity index (χ3n) is 6.13. The van der Waals surface area contributed by atoms with E-state index in [0.29, 0.717) is 24.5 Å². The van der Waals surface area contributed by atoms with Crippen LogP contribution in [0, 0.1) is 6.92 Å². The number of halogens is 3. The molecule has 208 valence electrons. The van der Waals surface area contributed by atoms with E-state index in [-0.39, 0.29) is 11.3 Å². The minimum Gasteiger partial charge on any atom is -0.376 e. The number of nitrogens with two attached hydrogens (primary N) is 1. The van der Waals surface area contributed by atoms with E-state index in [9.17, 15) is 18.0 Å². The van der Waals surface area contributed by atoms with E-state index in [1.165, 1.54) is 11.1 Å². The summed E-state index contributed by atoms with van der Waals surface area (Å²) in [6.07, 6.45) is 0.570. The maximum absolute atomic E-state index is 13.5. The Hall–Kier alpha value is -4.09. The van der Waals surface area contributed by atoms with Crippen molar-refractivity contribution in [1.29, 1.82) is 0 Å². The van der Waals surface area contributed by atoms with Gasteiger partial charge in [-0.25, -0.2) is 5.84 Å². The van der Waals surface area contributed by atoms with Crippen molar-refractivity contribution in [3.8, 4) is 0 Å². The predicted molar refractivity (Wildman–Crippen MR) is 150 cm³/mol. The van der Waals surface area contributed by atoms with Gasteiger partial charge in [0.2, 0.25) is 0 Å². The van der Waals surface area contributed by atoms with Crippen molar-refractivity contribution < 1.29 is 18.0 Å². The van der Waals surface area contributed by atoms with Crippen molar-refractivity contribution in [1.82, 2.24) is 15.2 Å². The second kappa shape index (κ2) is 12.6. The molecule has 0 radical (unpaired) electrons. The van der Waals surface area contributed by atoms with Gasteiger partial charge < -0.3 is 20.4 Å². The minimum absolute atomic E-state index is 0.0616. The number of amides is 1. The van der Waals surface area contributed by atoms with Gasteiger partial charge in [0.15, 0.2) is 0 Å². The van der Waals surface area contributed by atoms with Gasteiger partial charge in [0.1, 0.15) is 0 Å². The maximum Gasteiger partial charge on any atom is 0.416 e. The Bertz CT molecular complexity index is 1310. The van der Waals surface area contributed by atoms with E-state index in [1.54, 1.807) is 55.8 Å². The quantitative estimate of drug-likeness (QED) is 0.256. The Labute approximate surface area is 226 Å². The Morgan fingerprint density at radius 1 is 1.05 bits per heavy atom. The highest BCUT2D eigenvalue weighted by Crippen LogP contribution is 2.35. The number of alkyl halides is 3. The zero-order valence-corrected chi connectivity index (χ0v) is 22.7. The number of aryl methyl sites for hydroxylation is 1. The topological polar surface area (TPSA) is 89.8 Å². The zero-order chi connectivity index (χ0) is 28.7. The lowest BCUT2D eigenvalue weighted by Gasteiger charge is -2.24. The van der Waals surface area contributed by atoms with E-state index >= 15 is 0 Å². The first-order valence-electron chi connectivity index (χ1n) is 12.2. The number of nitrogens with zero attached hydrogens (tertiary/aromatic N) is 4. The van der Waals surface area contributed by atoms with E-state index in [4.69, 9.17) is 5.84 Å². The number of likely N-dealkylation sites (N-methyl/N-ethyl adjacent to an activating group) is 2. The van der Waals surface area contributed by atoms with E-state index < -0.39 is 17.6 Å². The van der Waals surface area contributed by atoms with Crippen molar-refractivity contribution in [2.75, 3.05) is 56.5 Å². The van der Waals surface area contributed by atoms with E-state index in [2.05, 4.69) is 15.6 Å². The molecule has 1 aromatic heterocycles. The molecule has 4 N–H and O–H groups in total. The summed E-state index contributed by atoms with van der Waals surface area (Å²) in [7, 11) is 7.29. The summed E-state index contributed by atoms with van der Waals surface area (Å²) in [6.45, 7) is 2.99. The second-order valence-electron chi connectivity index (χ2n) is 9.27. The Morgan fingerprint density at radius 3 is 2.41 bits per heavy atom. The van der Waals surface area contributed by atoms with Gasteiger partial charge in [0, 0.05) is 64.0 Å². The monoisotopic (exact) mass is 541 g/mol. The highest BCUT2D eigenvalue weighted by molar-refractivity contribution is 6.06. The molecule has 8 nitrogen and oxygen atoms in total. The van der Waals surface area contributed by atoms with Crippen LogP contribution in [-0.4, -0.2) is 57.1 Å². The predicted octanol–water partition coefficient (Wildman–Crippen LogP) is 4.56. The first kappa shape index (κ1) is 29.5. The fourth-order valence-electron chi connectivity index (χ4n) is 3.93. The SMILES string of the molecule is CNCCN(C)c1ccc(C(F)(F)F)cc1NC(=O)c1ccc(C)c(N(N)/C=C(/c2cccnc2)N(C)C)c1. The van der Waals surface area contributed by atoms with Gasteiger partial charge in [-0.1, -0.05) is 6.07 Å². The zero-order valence-electron chi connectivity index (χ0n) is 22.7. The first-order valence-corrected chi connectivity index (χ1v) is 12.2. The second-order valence-corrected chi connectivity index (χ2v) is 9.27. The van der Waals surface area contributed by atoms with E-state index in [0.717, 1.165) is 29.0 Å².